The lowest BCUT2D eigenvalue weighted by atomic mass is 10.0. The maximum atomic E-state index is 13.2. The van der Waals surface area contributed by atoms with Crippen molar-refractivity contribution in [2.24, 2.45) is 0 Å². The molecule has 31 heavy (non-hydrogen) atoms. The number of aromatic nitrogens is 1. The first kappa shape index (κ1) is 20.6. The van der Waals surface area contributed by atoms with Gasteiger partial charge in [0.25, 0.3) is 5.91 Å². The molecule has 3 aromatic rings. The van der Waals surface area contributed by atoms with E-state index in [4.69, 9.17) is 4.74 Å². The molecule has 1 saturated heterocycles. The highest BCUT2D eigenvalue weighted by atomic mass is 16.5. The van der Waals surface area contributed by atoms with Gasteiger partial charge in [0.1, 0.15) is 12.6 Å². The molecular formula is C25H25N3O3. The molecule has 1 atom stereocenters. The number of anilines is 1. The van der Waals surface area contributed by atoms with Gasteiger partial charge in [-0.05, 0) is 30.0 Å². The van der Waals surface area contributed by atoms with E-state index < -0.39 is 6.04 Å². The normalized spacial score (nSPS) is 14.7. The number of carbonyl (C=O) groups is 2. The molecule has 0 saturated carbocycles. The van der Waals surface area contributed by atoms with Crippen molar-refractivity contribution < 1.29 is 14.3 Å². The van der Waals surface area contributed by atoms with Crippen LogP contribution in [0.15, 0.2) is 79.0 Å². The van der Waals surface area contributed by atoms with E-state index in [9.17, 15) is 9.59 Å². The van der Waals surface area contributed by atoms with Crippen molar-refractivity contribution in [1.29, 1.82) is 0 Å². The molecule has 4 rings (SSSR count). The molecule has 0 radical (unpaired) electrons. The number of ether oxygens (including phenoxy) is 1. The first-order valence-electron chi connectivity index (χ1n) is 10.5. The number of amides is 2. The predicted octanol–water partition coefficient (Wildman–Crippen LogP) is 4.35. The lowest BCUT2D eigenvalue weighted by molar-refractivity contribution is -0.141. The van der Waals surface area contributed by atoms with E-state index in [-0.39, 0.29) is 11.8 Å². The first-order valence-corrected chi connectivity index (χ1v) is 10.5. The average molecular weight is 415 g/mol. The van der Waals surface area contributed by atoms with E-state index >= 15 is 0 Å². The summed E-state index contributed by atoms with van der Waals surface area (Å²) in [6, 6.07) is 22.1. The first-order chi connectivity index (χ1) is 15.2. The van der Waals surface area contributed by atoms with Crippen LogP contribution in [0, 0.1) is 0 Å². The number of piperidine rings is 1. The van der Waals surface area contributed by atoms with Gasteiger partial charge in [-0.25, -0.2) is 4.98 Å². The van der Waals surface area contributed by atoms with Crippen LogP contribution in [0.1, 0.15) is 36.4 Å². The quantitative estimate of drug-likeness (QED) is 0.623. The van der Waals surface area contributed by atoms with Crippen LogP contribution in [0.2, 0.25) is 0 Å². The molecule has 6 heteroatoms. The van der Waals surface area contributed by atoms with Crippen LogP contribution in [0.25, 0.3) is 0 Å². The van der Waals surface area contributed by atoms with Gasteiger partial charge in [0.05, 0.1) is 11.9 Å². The molecular weight excluding hydrogens is 390 g/mol. The highest BCUT2D eigenvalue weighted by Crippen LogP contribution is 2.27. The van der Waals surface area contributed by atoms with Gasteiger partial charge in [-0.15, -0.1) is 0 Å². The summed E-state index contributed by atoms with van der Waals surface area (Å²) in [5, 5.41) is 2.91. The van der Waals surface area contributed by atoms with E-state index in [1.165, 1.54) is 0 Å². The van der Waals surface area contributed by atoms with Gasteiger partial charge in [-0.2, -0.15) is 0 Å². The van der Waals surface area contributed by atoms with Crippen molar-refractivity contribution in [3.05, 3.63) is 90.1 Å². The van der Waals surface area contributed by atoms with Crippen LogP contribution < -0.4 is 10.1 Å². The van der Waals surface area contributed by atoms with Crippen molar-refractivity contribution >= 4 is 17.5 Å². The topological polar surface area (TPSA) is 71.5 Å². The predicted molar refractivity (Wildman–Crippen MR) is 118 cm³/mol. The number of benzene rings is 2. The molecule has 1 aliphatic rings. The molecule has 2 heterocycles. The molecule has 0 aliphatic carbocycles. The minimum Gasteiger partial charge on any atom is -0.473 e. The second-order valence-corrected chi connectivity index (χ2v) is 7.51. The van der Waals surface area contributed by atoms with Crippen LogP contribution in [0.3, 0.4) is 0 Å². The molecule has 2 aromatic carbocycles. The largest absolute Gasteiger partial charge is 0.473 e. The van der Waals surface area contributed by atoms with Gasteiger partial charge in [0, 0.05) is 19.0 Å². The van der Waals surface area contributed by atoms with Crippen LogP contribution in [0.4, 0.5) is 5.69 Å². The standard InChI is InChI=1S/C25H25N3O3/c29-23-13-7-8-16-28(23)24(20-11-5-2-6-12-20)25(30)27-21-14-15-22(26-17-21)31-18-19-9-3-1-4-10-19/h1-6,9-12,14-15,17,24H,7-8,13,16,18H2,(H,27,30). The van der Waals surface area contributed by atoms with E-state index in [1.807, 2.05) is 60.7 Å². The molecule has 0 bridgehead atoms. The van der Waals surface area contributed by atoms with Gasteiger partial charge in [-0.3, -0.25) is 9.59 Å². The van der Waals surface area contributed by atoms with E-state index in [2.05, 4.69) is 10.3 Å². The Morgan fingerprint density at radius 3 is 2.42 bits per heavy atom. The Morgan fingerprint density at radius 1 is 1.00 bits per heavy atom. The van der Waals surface area contributed by atoms with Crippen molar-refractivity contribution in [1.82, 2.24) is 9.88 Å². The summed E-state index contributed by atoms with van der Waals surface area (Å²) in [5.41, 5.74) is 2.41. The molecule has 1 aromatic heterocycles. The number of hydrogen-bond donors (Lipinski definition) is 1. The summed E-state index contributed by atoms with van der Waals surface area (Å²) in [7, 11) is 0. The summed E-state index contributed by atoms with van der Waals surface area (Å²) in [4.78, 5) is 31.7. The summed E-state index contributed by atoms with van der Waals surface area (Å²) >= 11 is 0. The summed E-state index contributed by atoms with van der Waals surface area (Å²) in [6.07, 6.45) is 3.81. The van der Waals surface area contributed by atoms with Gasteiger partial charge in [0.15, 0.2) is 0 Å². The Hall–Kier alpha value is -3.67. The maximum Gasteiger partial charge on any atom is 0.251 e. The fourth-order valence-corrected chi connectivity index (χ4v) is 3.69. The van der Waals surface area contributed by atoms with Crippen LogP contribution in [-0.4, -0.2) is 28.2 Å². The minimum absolute atomic E-state index is 0.0121. The second-order valence-electron chi connectivity index (χ2n) is 7.51. The minimum atomic E-state index is -0.664. The summed E-state index contributed by atoms with van der Waals surface area (Å²) in [5.74, 6) is 0.243. The van der Waals surface area contributed by atoms with E-state index in [0.29, 0.717) is 31.1 Å². The molecule has 1 aliphatic heterocycles. The summed E-state index contributed by atoms with van der Waals surface area (Å²) in [6.45, 7) is 1.00. The Labute approximate surface area is 181 Å². The second kappa shape index (κ2) is 9.89. The van der Waals surface area contributed by atoms with Gasteiger partial charge in [0.2, 0.25) is 11.8 Å². The zero-order chi connectivity index (χ0) is 21.5. The van der Waals surface area contributed by atoms with Crippen molar-refractivity contribution in [2.45, 2.75) is 31.9 Å². The van der Waals surface area contributed by atoms with Gasteiger partial charge < -0.3 is 15.0 Å². The monoisotopic (exact) mass is 415 g/mol. The molecule has 6 nitrogen and oxygen atoms in total. The molecule has 0 spiro atoms. The number of rotatable bonds is 7. The Bertz CT molecular complexity index is 1010. The number of carbonyl (C=O) groups excluding carboxylic acids is 2. The lowest BCUT2D eigenvalue weighted by Gasteiger charge is -2.34. The maximum absolute atomic E-state index is 13.2. The van der Waals surface area contributed by atoms with E-state index in [1.54, 1.807) is 23.2 Å². The lowest BCUT2D eigenvalue weighted by Crippen LogP contribution is -2.43. The average Bonchev–Trinajstić information content (AvgIpc) is 2.81. The molecule has 1 fully saturated rings. The third-order valence-corrected chi connectivity index (χ3v) is 5.27. The highest BCUT2D eigenvalue weighted by Gasteiger charge is 2.32. The molecule has 2 amide bonds. The Morgan fingerprint density at radius 2 is 1.74 bits per heavy atom. The summed E-state index contributed by atoms with van der Waals surface area (Å²) < 4.78 is 5.70. The van der Waals surface area contributed by atoms with Crippen LogP contribution in [-0.2, 0) is 16.2 Å². The molecule has 1 unspecified atom stereocenters. The third kappa shape index (κ3) is 5.28. The molecule has 158 valence electrons. The number of hydrogen-bond acceptors (Lipinski definition) is 4. The van der Waals surface area contributed by atoms with Crippen LogP contribution in [0.5, 0.6) is 5.88 Å². The number of nitrogens with zero attached hydrogens (tertiary/aromatic N) is 2. The third-order valence-electron chi connectivity index (χ3n) is 5.27. The van der Waals surface area contributed by atoms with Crippen molar-refractivity contribution in [2.75, 3.05) is 11.9 Å². The highest BCUT2D eigenvalue weighted by molar-refractivity contribution is 5.97. The molecule has 1 N–H and O–H groups in total. The van der Waals surface area contributed by atoms with Crippen molar-refractivity contribution in [3.8, 4) is 5.88 Å². The zero-order valence-corrected chi connectivity index (χ0v) is 17.2. The Kier molecular flexibility index (Phi) is 6.57. The van der Waals surface area contributed by atoms with Crippen LogP contribution >= 0.6 is 0 Å². The number of nitrogens with one attached hydrogen (secondary N) is 1. The zero-order valence-electron chi connectivity index (χ0n) is 17.2. The van der Waals surface area contributed by atoms with Gasteiger partial charge in [-0.1, -0.05) is 60.7 Å². The number of pyridine rings is 1. The Balaban J connectivity index is 1.45. The van der Waals surface area contributed by atoms with Crippen molar-refractivity contribution in [3.63, 3.8) is 0 Å². The fourth-order valence-electron chi connectivity index (χ4n) is 3.69. The fraction of sp³-hybridized carbons (Fsp3) is 0.240. The van der Waals surface area contributed by atoms with E-state index in [0.717, 1.165) is 24.0 Å². The smallest absolute Gasteiger partial charge is 0.251 e. The van der Waals surface area contributed by atoms with Gasteiger partial charge >= 0.3 is 0 Å². The SMILES string of the molecule is O=C(Nc1ccc(OCc2ccccc2)nc1)C(c1ccccc1)N1CCCCC1=O. The number of likely N-dealkylation sites (tertiary alicyclic amines) is 1.